The van der Waals surface area contributed by atoms with E-state index in [2.05, 4.69) is 9.88 Å². The molecule has 5 nitrogen and oxygen atoms in total. The first kappa shape index (κ1) is 13.2. The maximum atomic E-state index is 11.7. The van der Waals surface area contributed by atoms with Gasteiger partial charge in [0, 0.05) is 19.3 Å². The molecule has 0 saturated heterocycles. The van der Waals surface area contributed by atoms with Crippen molar-refractivity contribution >= 4 is 17.5 Å². The minimum Gasteiger partial charge on any atom is -0.465 e. The maximum absolute atomic E-state index is 11.7. The molecule has 2 N–H and O–H groups in total. The number of esters is 1. The van der Waals surface area contributed by atoms with Gasteiger partial charge in [-0.15, -0.1) is 0 Å². The number of carbonyl (C=O) groups is 1. The first-order valence-electron chi connectivity index (χ1n) is 7.26. The number of hydrogen-bond donors (Lipinski definition) is 1. The summed E-state index contributed by atoms with van der Waals surface area (Å²) in [6.07, 6.45) is 6.80. The van der Waals surface area contributed by atoms with Crippen LogP contribution in [0.2, 0.25) is 0 Å². The number of rotatable bonds is 6. The normalized spacial score (nSPS) is 17.9. The lowest BCUT2D eigenvalue weighted by atomic mass is 10.2. The van der Waals surface area contributed by atoms with Gasteiger partial charge < -0.3 is 15.4 Å². The van der Waals surface area contributed by atoms with Crippen LogP contribution in [0.15, 0.2) is 12.3 Å². The van der Waals surface area contributed by atoms with E-state index in [0.717, 1.165) is 30.7 Å². The Morgan fingerprint density at radius 3 is 2.45 bits per heavy atom. The Bertz CT molecular complexity index is 496. The lowest BCUT2D eigenvalue weighted by Crippen LogP contribution is -2.30. The van der Waals surface area contributed by atoms with E-state index in [4.69, 9.17) is 10.5 Å². The van der Waals surface area contributed by atoms with E-state index in [1.807, 2.05) is 0 Å². The second-order valence-electron chi connectivity index (χ2n) is 5.88. The Labute approximate surface area is 119 Å². The molecular weight excluding hydrogens is 254 g/mol. The van der Waals surface area contributed by atoms with Crippen molar-refractivity contribution in [2.75, 3.05) is 30.8 Å². The standard InChI is InChI=1S/C15H21N3O2/c1-20-15(19)12-6-7-17-14(13(12)16)18(8-10-2-3-10)9-11-4-5-11/h6-7,10-11H,2-5,8-9,16H2,1H3. The van der Waals surface area contributed by atoms with E-state index >= 15 is 0 Å². The fraction of sp³-hybridized carbons (Fsp3) is 0.600. The van der Waals surface area contributed by atoms with Crippen LogP contribution in [-0.4, -0.2) is 31.2 Å². The van der Waals surface area contributed by atoms with Crippen LogP contribution in [0.3, 0.4) is 0 Å². The van der Waals surface area contributed by atoms with Crippen molar-refractivity contribution in [2.45, 2.75) is 25.7 Å². The van der Waals surface area contributed by atoms with Crippen molar-refractivity contribution in [3.63, 3.8) is 0 Å². The molecular formula is C15H21N3O2. The molecule has 2 saturated carbocycles. The summed E-state index contributed by atoms with van der Waals surface area (Å²) in [5, 5.41) is 0. The highest BCUT2D eigenvalue weighted by atomic mass is 16.5. The van der Waals surface area contributed by atoms with Gasteiger partial charge in [-0.2, -0.15) is 0 Å². The van der Waals surface area contributed by atoms with Crippen LogP contribution in [0.5, 0.6) is 0 Å². The number of ether oxygens (including phenoxy) is 1. The monoisotopic (exact) mass is 275 g/mol. The first-order chi connectivity index (χ1) is 9.69. The minimum atomic E-state index is -0.399. The summed E-state index contributed by atoms with van der Waals surface area (Å²) >= 11 is 0. The van der Waals surface area contributed by atoms with E-state index in [-0.39, 0.29) is 0 Å². The van der Waals surface area contributed by atoms with Gasteiger partial charge in [-0.3, -0.25) is 0 Å². The van der Waals surface area contributed by atoms with Gasteiger partial charge in [-0.05, 0) is 43.6 Å². The Morgan fingerprint density at radius 1 is 1.35 bits per heavy atom. The van der Waals surface area contributed by atoms with E-state index < -0.39 is 5.97 Å². The van der Waals surface area contributed by atoms with Gasteiger partial charge in [0.05, 0.1) is 18.4 Å². The molecule has 5 heteroatoms. The number of nitrogens with two attached hydrogens (primary N) is 1. The largest absolute Gasteiger partial charge is 0.465 e. The Morgan fingerprint density at radius 2 is 1.95 bits per heavy atom. The van der Waals surface area contributed by atoms with Gasteiger partial charge in [0.2, 0.25) is 0 Å². The molecule has 0 spiro atoms. The average molecular weight is 275 g/mol. The SMILES string of the molecule is COC(=O)c1ccnc(N(CC2CC2)CC2CC2)c1N. The Kier molecular flexibility index (Phi) is 3.51. The Balaban J connectivity index is 1.86. The van der Waals surface area contributed by atoms with Crippen LogP contribution in [-0.2, 0) is 4.74 Å². The lowest BCUT2D eigenvalue weighted by molar-refractivity contribution is 0.0602. The predicted octanol–water partition coefficient (Wildman–Crippen LogP) is 2.08. The molecule has 2 aliphatic rings. The number of pyridine rings is 1. The second kappa shape index (κ2) is 5.31. The fourth-order valence-corrected chi connectivity index (χ4v) is 2.47. The molecule has 0 atom stereocenters. The molecule has 0 bridgehead atoms. The molecule has 3 rings (SSSR count). The predicted molar refractivity (Wildman–Crippen MR) is 77.6 cm³/mol. The highest BCUT2D eigenvalue weighted by Gasteiger charge is 2.31. The van der Waals surface area contributed by atoms with Crippen molar-refractivity contribution in [2.24, 2.45) is 11.8 Å². The quantitative estimate of drug-likeness (QED) is 0.805. The van der Waals surface area contributed by atoms with Crippen molar-refractivity contribution in [1.82, 2.24) is 4.98 Å². The zero-order valence-corrected chi connectivity index (χ0v) is 11.8. The number of methoxy groups -OCH3 is 1. The van der Waals surface area contributed by atoms with Gasteiger partial charge in [0.1, 0.15) is 0 Å². The molecule has 0 amide bonds. The fourth-order valence-electron chi connectivity index (χ4n) is 2.47. The number of hydrogen-bond acceptors (Lipinski definition) is 5. The average Bonchev–Trinajstić information content (AvgIpc) is 3.33. The third kappa shape index (κ3) is 2.86. The topological polar surface area (TPSA) is 68.5 Å². The van der Waals surface area contributed by atoms with Crippen LogP contribution in [0, 0.1) is 11.8 Å². The number of nitrogen functional groups attached to an aromatic ring is 1. The lowest BCUT2D eigenvalue weighted by Gasteiger charge is -2.25. The summed E-state index contributed by atoms with van der Waals surface area (Å²) in [6.45, 7) is 2.00. The molecule has 108 valence electrons. The summed E-state index contributed by atoms with van der Waals surface area (Å²) in [5.74, 6) is 1.86. The van der Waals surface area contributed by atoms with E-state index in [1.165, 1.54) is 32.8 Å². The molecule has 0 aliphatic heterocycles. The minimum absolute atomic E-state index is 0.399. The maximum Gasteiger partial charge on any atom is 0.340 e. The van der Waals surface area contributed by atoms with Crippen LogP contribution in [0.4, 0.5) is 11.5 Å². The van der Waals surface area contributed by atoms with Crippen molar-refractivity contribution in [3.05, 3.63) is 17.8 Å². The molecule has 1 aromatic rings. The van der Waals surface area contributed by atoms with E-state index in [9.17, 15) is 4.79 Å². The highest BCUT2D eigenvalue weighted by molar-refractivity contribution is 5.97. The van der Waals surface area contributed by atoms with Gasteiger partial charge in [-0.25, -0.2) is 9.78 Å². The molecule has 1 heterocycles. The molecule has 2 aliphatic carbocycles. The van der Waals surface area contributed by atoms with Crippen LogP contribution in [0.1, 0.15) is 36.0 Å². The van der Waals surface area contributed by atoms with E-state index in [1.54, 1.807) is 12.3 Å². The van der Waals surface area contributed by atoms with Gasteiger partial charge in [0.15, 0.2) is 5.82 Å². The molecule has 20 heavy (non-hydrogen) atoms. The summed E-state index contributed by atoms with van der Waals surface area (Å²) < 4.78 is 4.77. The third-order valence-corrected chi connectivity index (χ3v) is 4.02. The molecule has 0 aromatic carbocycles. The zero-order valence-electron chi connectivity index (χ0n) is 11.8. The number of nitrogens with zero attached hydrogens (tertiary/aromatic N) is 2. The van der Waals surface area contributed by atoms with Gasteiger partial charge in [-0.1, -0.05) is 0 Å². The van der Waals surface area contributed by atoms with Crippen molar-refractivity contribution in [1.29, 1.82) is 0 Å². The van der Waals surface area contributed by atoms with Crippen LogP contribution >= 0.6 is 0 Å². The summed E-state index contributed by atoms with van der Waals surface area (Å²) in [4.78, 5) is 18.4. The van der Waals surface area contributed by atoms with Crippen LogP contribution in [0.25, 0.3) is 0 Å². The van der Waals surface area contributed by atoms with Crippen molar-refractivity contribution in [3.8, 4) is 0 Å². The van der Waals surface area contributed by atoms with E-state index in [0.29, 0.717) is 11.3 Å². The smallest absolute Gasteiger partial charge is 0.340 e. The zero-order chi connectivity index (χ0) is 14.1. The summed E-state index contributed by atoms with van der Waals surface area (Å²) in [5.41, 5.74) is 7.00. The Hall–Kier alpha value is -1.78. The number of aromatic nitrogens is 1. The van der Waals surface area contributed by atoms with Crippen LogP contribution < -0.4 is 10.6 Å². The summed E-state index contributed by atoms with van der Waals surface area (Å²) in [6, 6.07) is 1.62. The molecule has 2 fully saturated rings. The molecule has 0 unspecified atom stereocenters. The number of anilines is 2. The molecule has 0 radical (unpaired) electrons. The highest BCUT2D eigenvalue weighted by Crippen LogP contribution is 2.37. The molecule has 1 aromatic heterocycles. The third-order valence-electron chi connectivity index (χ3n) is 4.02. The number of carbonyl (C=O) groups excluding carboxylic acids is 1. The summed E-state index contributed by atoms with van der Waals surface area (Å²) in [7, 11) is 1.37. The van der Waals surface area contributed by atoms with Gasteiger partial charge in [0.25, 0.3) is 0 Å². The second-order valence-corrected chi connectivity index (χ2v) is 5.88. The first-order valence-corrected chi connectivity index (χ1v) is 7.26. The van der Waals surface area contributed by atoms with Crippen molar-refractivity contribution < 1.29 is 9.53 Å². The van der Waals surface area contributed by atoms with Gasteiger partial charge >= 0.3 is 5.97 Å².